The summed E-state index contributed by atoms with van der Waals surface area (Å²) < 4.78 is 44.9. The van der Waals surface area contributed by atoms with Gasteiger partial charge in [-0.15, -0.1) is 0 Å². The number of benzene rings is 4. The van der Waals surface area contributed by atoms with Gasteiger partial charge in [0.05, 0.1) is 28.4 Å². The van der Waals surface area contributed by atoms with Crippen molar-refractivity contribution in [3.05, 3.63) is 107 Å². The number of carboxylic acids is 1. The third-order valence-electron chi connectivity index (χ3n) is 15.9. The van der Waals surface area contributed by atoms with E-state index in [1.807, 2.05) is 50.2 Å². The average molecular weight is 1240 g/mol. The number of carbonyl (C=O) groups excluding carboxylic acids is 7. The van der Waals surface area contributed by atoms with Crippen LogP contribution in [-0.2, 0) is 60.7 Å². The highest BCUT2D eigenvalue weighted by Crippen LogP contribution is 2.36. The first-order chi connectivity index (χ1) is 42.3. The fraction of sp³-hybridized carbons (Fsp3) is 0.536. The molecule has 2 saturated heterocycles. The van der Waals surface area contributed by atoms with Crippen molar-refractivity contribution in [3.63, 3.8) is 0 Å². The van der Waals surface area contributed by atoms with E-state index >= 15 is 0 Å². The monoisotopic (exact) mass is 1240 g/mol. The molecule has 2 fully saturated rings. The number of Topliss-reactive ketones (excluding diaryl/α,β-unsaturated/α-hetero) is 2. The maximum absolute atomic E-state index is 13.8. The van der Waals surface area contributed by atoms with E-state index in [4.69, 9.17) is 43.0 Å². The molecule has 0 radical (unpaired) electrons. The minimum absolute atomic E-state index is 0.131. The Morgan fingerprint density at radius 3 is 1.27 bits per heavy atom. The third kappa shape index (κ3) is 21.5. The van der Waals surface area contributed by atoms with Gasteiger partial charge >= 0.3 is 17.9 Å². The van der Waals surface area contributed by atoms with Gasteiger partial charge in [0.2, 0.25) is 11.6 Å². The van der Waals surface area contributed by atoms with Crippen LogP contribution in [0.25, 0.3) is 0 Å². The number of carbonyl (C=O) groups is 8. The van der Waals surface area contributed by atoms with E-state index in [1.54, 1.807) is 119 Å². The van der Waals surface area contributed by atoms with Crippen molar-refractivity contribution < 1.29 is 81.4 Å². The highest BCUT2D eigenvalue weighted by atomic mass is 16.6. The summed E-state index contributed by atoms with van der Waals surface area (Å²) >= 11 is 0. The Labute approximate surface area is 525 Å². The molecule has 2 heterocycles. The summed E-state index contributed by atoms with van der Waals surface area (Å²) in [4.78, 5) is 107. The first-order valence-electron chi connectivity index (χ1n) is 30.7. The zero-order chi connectivity index (χ0) is 66.0. The van der Waals surface area contributed by atoms with Crippen molar-refractivity contribution in [2.75, 3.05) is 68.8 Å². The number of esters is 2. The van der Waals surface area contributed by atoms with E-state index in [1.165, 1.54) is 21.1 Å². The molecule has 3 amide bonds. The molecule has 4 aromatic carbocycles. The van der Waals surface area contributed by atoms with Gasteiger partial charge in [-0.05, 0) is 148 Å². The van der Waals surface area contributed by atoms with Crippen molar-refractivity contribution in [1.29, 1.82) is 0 Å². The van der Waals surface area contributed by atoms with E-state index in [9.17, 15) is 38.4 Å². The van der Waals surface area contributed by atoms with Gasteiger partial charge in [0, 0.05) is 38.0 Å². The smallest absolute Gasteiger partial charge is 0.341 e. The number of likely N-dealkylation sites (tertiary alicyclic amines) is 2. The molecular weight excluding hydrogens is 1140 g/mol. The number of likely N-dealkylation sites (N-methyl/N-ethyl adjacent to an activating group) is 1. The Morgan fingerprint density at radius 1 is 0.539 bits per heavy atom. The van der Waals surface area contributed by atoms with Crippen LogP contribution in [0.1, 0.15) is 160 Å². The molecule has 1 N–H and O–H groups in total. The van der Waals surface area contributed by atoms with Crippen molar-refractivity contribution in [3.8, 4) is 34.5 Å². The number of carboxylic acid groups (broad SMARTS) is 1. The molecular formula is C69H95N3O17. The number of ketones is 2. The second-order valence-electron chi connectivity index (χ2n) is 23.6. The van der Waals surface area contributed by atoms with E-state index in [0.717, 1.165) is 24.0 Å². The summed E-state index contributed by atoms with van der Waals surface area (Å²) in [7, 11) is 9.57. The largest absolute Gasteiger partial charge is 0.493 e. The molecule has 2 aliphatic rings. The minimum atomic E-state index is -1.11. The predicted octanol–water partition coefficient (Wildman–Crippen LogP) is 11.0. The first kappa shape index (κ1) is 73.3. The van der Waals surface area contributed by atoms with Gasteiger partial charge in [0.1, 0.15) is 35.8 Å². The van der Waals surface area contributed by atoms with E-state index < -0.39 is 83.0 Å². The lowest BCUT2D eigenvalue weighted by molar-refractivity contribution is -0.165. The van der Waals surface area contributed by atoms with Crippen LogP contribution < -0.4 is 28.4 Å². The normalized spacial score (nSPS) is 15.4. The zero-order valence-electron chi connectivity index (χ0n) is 54.7. The molecule has 4 atom stereocenters. The second kappa shape index (κ2) is 35.7. The number of hydrogen-bond donors (Lipinski definition) is 1. The van der Waals surface area contributed by atoms with Crippen LogP contribution in [0.3, 0.4) is 0 Å². The summed E-state index contributed by atoms with van der Waals surface area (Å²) in [5.41, 5.74) is 1.53. The Hall–Kier alpha value is -8.16. The van der Waals surface area contributed by atoms with Crippen molar-refractivity contribution >= 4 is 47.2 Å². The number of aryl methyl sites for hydroxylation is 2. The molecule has 89 heavy (non-hydrogen) atoms. The topological polar surface area (TPSA) is 240 Å². The number of hydrogen-bond acceptors (Lipinski definition) is 16. The summed E-state index contributed by atoms with van der Waals surface area (Å²) in [6.45, 7) is 14.9. The molecule has 0 spiro atoms. The Kier molecular flexibility index (Phi) is 29.4. The number of rotatable bonds is 28. The first-order valence-corrected chi connectivity index (χ1v) is 30.7. The van der Waals surface area contributed by atoms with Crippen molar-refractivity contribution in [1.82, 2.24) is 14.7 Å². The zero-order valence-corrected chi connectivity index (χ0v) is 54.7. The number of nitrogens with zero attached hydrogens (tertiary/aromatic N) is 3. The standard InChI is InChI=1S/C34H46N2O8.C32H41NO9.C3H8/c1-8-34(2,3)31(38)32(39)36-19-10-9-14-26(36)33(40)44-27(17-15-23-16-18-28(41-6)29(20-23)42-7)24-12-11-13-25(21-24)43-22-30(37)35(4)5;1-6-32(2,3)29(36)30(37)33-17-8-7-12-24(33)31(38)42-25(22-10-9-11-23(19-22)41-20-28(34)35)15-13-21-14-16-26(39-4)27(18-21)40-5;1-3-2/h11-13,16,18,20-21,26-27H,8-10,14-15,17,19,22H2,1-7H3;9-11,14,16,18-19,24-25H,6-8,12-13,15,17,20H2,1-5H3,(H,34,35);3H2,1-2H3/t26?,27-;24?,25-;/m11./s1. The molecule has 0 aliphatic carbocycles. The molecule has 4 aromatic rings. The fourth-order valence-electron chi connectivity index (χ4n) is 9.72. The van der Waals surface area contributed by atoms with Gasteiger partial charge in [-0.25, -0.2) is 14.4 Å². The average Bonchev–Trinajstić information content (AvgIpc) is 1.43. The minimum Gasteiger partial charge on any atom is -0.493 e. The number of piperidine rings is 2. The van der Waals surface area contributed by atoms with Gasteiger partial charge in [-0.3, -0.25) is 24.0 Å². The molecule has 2 aliphatic heterocycles. The lowest BCUT2D eigenvalue weighted by atomic mass is 9.84. The van der Waals surface area contributed by atoms with Crippen LogP contribution in [0.15, 0.2) is 84.9 Å². The summed E-state index contributed by atoms with van der Waals surface area (Å²) in [6.07, 6.45) is 6.38. The van der Waals surface area contributed by atoms with E-state index in [0.29, 0.717) is 123 Å². The SMILES string of the molecule is CCC.CCC(C)(C)C(=O)C(=O)N1CCCCC1C(=O)O[C@H](CCc1ccc(OC)c(OC)c1)c1cccc(OCC(=O)N(C)C)c1.CCC(C)(C)C(=O)C(=O)N1CCCCC1C(=O)O[C@H](CCc1ccc(OC)c(OC)c1)c1cccc(OCC(=O)O)c1. The van der Waals surface area contributed by atoms with Gasteiger partial charge in [-0.2, -0.15) is 0 Å². The quantitative estimate of drug-likeness (QED) is 0.0411. The van der Waals surface area contributed by atoms with Crippen molar-refractivity contribution in [2.24, 2.45) is 10.8 Å². The van der Waals surface area contributed by atoms with E-state index in [2.05, 4.69) is 13.8 Å². The fourth-order valence-corrected chi connectivity index (χ4v) is 9.72. The molecule has 20 nitrogen and oxygen atoms in total. The van der Waals surface area contributed by atoms with Crippen molar-refractivity contribution in [2.45, 2.75) is 163 Å². The lowest BCUT2D eigenvalue weighted by Gasteiger charge is -2.36. The second-order valence-corrected chi connectivity index (χ2v) is 23.6. The van der Waals surface area contributed by atoms with Crippen LogP contribution in [-0.4, -0.2) is 148 Å². The molecule has 0 saturated carbocycles. The summed E-state index contributed by atoms with van der Waals surface area (Å²) in [6, 6.07) is 23.3. The highest BCUT2D eigenvalue weighted by Gasteiger charge is 2.43. The Balaban J connectivity index is 0.000000365. The number of amides is 3. The van der Waals surface area contributed by atoms with Gasteiger partial charge in [-0.1, -0.05) is 98.2 Å². The molecule has 20 heteroatoms. The summed E-state index contributed by atoms with van der Waals surface area (Å²) in [5.74, 6) is -1.58. The van der Waals surface area contributed by atoms with Crippen LogP contribution in [0, 0.1) is 10.8 Å². The highest BCUT2D eigenvalue weighted by molar-refractivity contribution is 6.38. The Bertz CT molecular complexity index is 3010. The Morgan fingerprint density at radius 2 is 0.921 bits per heavy atom. The van der Waals surface area contributed by atoms with Gasteiger partial charge in [0.15, 0.2) is 36.2 Å². The number of methoxy groups -OCH3 is 4. The predicted molar refractivity (Wildman–Crippen MR) is 336 cm³/mol. The maximum atomic E-state index is 13.8. The summed E-state index contributed by atoms with van der Waals surface area (Å²) in [5, 5.41) is 9.01. The van der Waals surface area contributed by atoms with Crippen LogP contribution in [0.4, 0.5) is 0 Å². The number of ether oxygens (including phenoxy) is 8. The van der Waals surface area contributed by atoms with Crippen LogP contribution in [0.5, 0.6) is 34.5 Å². The maximum Gasteiger partial charge on any atom is 0.341 e. The number of aliphatic carboxylic acids is 1. The van der Waals surface area contributed by atoms with Crippen LogP contribution in [0.2, 0.25) is 0 Å². The molecule has 0 aromatic heterocycles. The van der Waals surface area contributed by atoms with E-state index in [-0.39, 0.29) is 12.5 Å². The molecule has 0 bridgehead atoms. The van der Waals surface area contributed by atoms with Gasteiger partial charge in [0.25, 0.3) is 17.7 Å². The molecule has 488 valence electrons. The van der Waals surface area contributed by atoms with Gasteiger partial charge < -0.3 is 57.7 Å². The lowest BCUT2D eigenvalue weighted by Crippen LogP contribution is -2.53. The molecule has 6 rings (SSSR count). The molecule has 2 unspecified atom stereocenters. The van der Waals surface area contributed by atoms with Crippen LogP contribution >= 0.6 is 0 Å². The third-order valence-corrected chi connectivity index (χ3v) is 15.9.